The Bertz CT molecular complexity index is 122. The minimum absolute atomic E-state index is 0. The van der Waals surface area contributed by atoms with E-state index in [0.29, 0.717) is 0 Å². The van der Waals surface area contributed by atoms with E-state index in [1.807, 2.05) is 0 Å². The lowest BCUT2D eigenvalue weighted by Crippen LogP contribution is -1.95. The van der Waals surface area contributed by atoms with Crippen molar-refractivity contribution in [1.82, 2.24) is 0 Å². The van der Waals surface area contributed by atoms with E-state index >= 15 is 0 Å². The van der Waals surface area contributed by atoms with Crippen molar-refractivity contribution in [3.05, 3.63) is 9.78 Å². The van der Waals surface area contributed by atoms with Crippen molar-refractivity contribution >= 4 is 37.3 Å². The molecule has 0 aromatic heterocycles. The Balaban J connectivity index is 0.000001000. The molecule has 1 fully saturated rings. The Morgan fingerprint density at radius 3 is 2.27 bits per heavy atom. The van der Waals surface area contributed by atoms with Crippen molar-refractivity contribution in [2.24, 2.45) is 0 Å². The highest BCUT2D eigenvalue weighted by Gasteiger charge is 2.14. The Labute approximate surface area is 90.3 Å². The van der Waals surface area contributed by atoms with Crippen molar-refractivity contribution in [3.63, 3.8) is 0 Å². The van der Waals surface area contributed by atoms with Crippen molar-refractivity contribution in [3.8, 4) is 0 Å². The summed E-state index contributed by atoms with van der Waals surface area (Å²) in [7, 11) is 0. The van der Waals surface area contributed by atoms with Crippen LogP contribution in [-0.2, 0) is 0 Å². The normalized spacial score (nSPS) is 16.9. The molecular formula is C9H17BrMg. The molecule has 0 unspecified atom stereocenters. The predicted molar refractivity (Wildman–Crippen MR) is 57.7 cm³/mol. The van der Waals surface area contributed by atoms with Gasteiger partial charge >= 0.3 is 20.4 Å². The molecule has 1 saturated carbocycles. The molecule has 0 heterocycles. The lowest BCUT2D eigenvalue weighted by atomic mass is 10.4. The first kappa shape index (κ1) is 12.0. The van der Waals surface area contributed by atoms with E-state index in [2.05, 4.69) is 18.1 Å². The lowest BCUT2D eigenvalue weighted by Gasteiger charge is -2.01. The second kappa shape index (κ2) is 6.50. The van der Waals surface area contributed by atoms with Gasteiger partial charge in [0.1, 0.15) is 0 Å². The zero-order valence-electron chi connectivity index (χ0n) is 7.60. The minimum atomic E-state index is 0. The fourth-order valence-corrected chi connectivity index (χ4v) is 3.50. The van der Waals surface area contributed by atoms with E-state index < -0.39 is 0 Å². The quantitative estimate of drug-likeness (QED) is 0.635. The van der Waals surface area contributed by atoms with Gasteiger partial charge in [0.25, 0.3) is 0 Å². The van der Waals surface area contributed by atoms with Crippen LogP contribution in [0.3, 0.4) is 0 Å². The van der Waals surface area contributed by atoms with Gasteiger partial charge < -0.3 is 0 Å². The molecule has 0 aromatic carbocycles. The van der Waals surface area contributed by atoms with Crippen LogP contribution in [0.15, 0.2) is 9.78 Å². The highest BCUT2D eigenvalue weighted by Crippen LogP contribution is 2.29. The molecule has 0 aromatic rings. The molecule has 0 radical (unpaired) electrons. The van der Waals surface area contributed by atoms with E-state index in [1.54, 1.807) is 5.57 Å². The number of rotatable bonds is 2. The maximum atomic E-state index is 2.52. The van der Waals surface area contributed by atoms with Crippen LogP contribution in [-0.4, -0.2) is 20.4 Å². The molecule has 1 aliphatic carbocycles. The first-order valence-corrected chi connectivity index (χ1v) is 6.05. The zero-order chi connectivity index (χ0) is 7.40. The summed E-state index contributed by atoms with van der Waals surface area (Å²) in [6, 6.07) is 0. The van der Waals surface area contributed by atoms with Gasteiger partial charge in [0.05, 0.1) is 0 Å². The molecule has 0 nitrogen and oxygen atoms in total. The first-order valence-electron chi connectivity index (χ1n) is 4.42. The molecule has 0 amide bonds. The first-order chi connectivity index (χ1) is 4.79. The van der Waals surface area contributed by atoms with Gasteiger partial charge in [0.2, 0.25) is 0 Å². The van der Waals surface area contributed by atoms with Gasteiger partial charge in [-0.2, -0.15) is 0 Å². The summed E-state index contributed by atoms with van der Waals surface area (Å²) in [5.74, 6) is 0. The van der Waals surface area contributed by atoms with Gasteiger partial charge in [-0.15, -0.1) is 26.6 Å². The van der Waals surface area contributed by atoms with E-state index in [9.17, 15) is 0 Å². The predicted octanol–water partition coefficient (Wildman–Crippen LogP) is 3.55. The van der Waals surface area contributed by atoms with Crippen LogP contribution in [0.2, 0.25) is 4.05 Å². The molecule has 0 aliphatic heterocycles. The van der Waals surface area contributed by atoms with Gasteiger partial charge in [-0.05, 0) is 13.8 Å². The third-order valence-corrected chi connectivity index (χ3v) is 4.87. The Hall–Kier alpha value is 0.986. The van der Waals surface area contributed by atoms with Gasteiger partial charge in [-0.3, -0.25) is 0 Å². The fraction of sp³-hybridized carbons (Fsp3) is 0.778. The largest absolute Gasteiger partial charge is 0.400 e. The maximum absolute atomic E-state index is 2.52. The van der Waals surface area contributed by atoms with Gasteiger partial charge in [-0.1, -0.05) is 25.7 Å². The van der Waals surface area contributed by atoms with Crippen LogP contribution in [0.5, 0.6) is 0 Å². The molecule has 0 atom stereocenters. The summed E-state index contributed by atoms with van der Waals surface area (Å²) in [5.41, 5.74) is 1.54. The second-order valence-corrected chi connectivity index (χ2v) is 5.70. The third-order valence-electron chi connectivity index (χ3n) is 2.33. The molecule has 1 rings (SSSR count). The Morgan fingerprint density at radius 2 is 1.82 bits per heavy atom. The van der Waals surface area contributed by atoms with E-state index in [-0.39, 0.29) is 37.3 Å². The van der Waals surface area contributed by atoms with Gasteiger partial charge in [-0.25, -0.2) is 4.21 Å². The van der Waals surface area contributed by atoms with E-state index in [1.165, 1.54) is 25.7 Å². The summed E-state index contributed by atoms with van der Waals surface area (Å²) >= 11 is 0.178. The number of allylic oxidation sites excluding steroid dienone is 1. The standard InChI is InChI=1S/C5H9.C4H7.BrH.Mg/c1-2-4-5-3-1;1-4(2)3;;/h1H,2-5H2;1H,2-3H3;1H;. The van der Waals surface area contributed by atoms with Crippen LogP contribution in [0, 0.1) is 0 Å². The average Bonchev–Trinajstić information content (AvgIpc) is 2.34. The smallest absolute Gasteiger partial charge is 0.208 e. The van der Waals surface area contributed by atoms with Gasteiger partial charge in [0.15, 0.2) is 0 Å². The average molecular weight is 229 g/mol. The SMILES string of the molecule is Br.CC(C)=[CH][Mg][CH]1CCCC1. The topological polar surface area (TPSA) is 0 Å². The van der Waals surface area contributed by atoms with Crippen molar-refractivity contribution in [2.75, 3.05) is 0 Å². The fourth-order valence-electron chi connectivity index (χ4n) is 1.65. The summed E-state index contributed by atoms with van der Waals surface area (Å²) < 4.78 is 3.69. The molecule has 0 spiro atoms. The molecule has 0 saturated heterocycles. The van der Waals surface area contributed by atoms with Crippen LogP contribution in [0.1, 0.15) is 39.5 Å². The Morgan fingerprint density at radius 1 is 1.27 bits per heavy atom. The molecule has 0 N–H and O–H groups in total. The number of hydrogen-bond acceptors (Lipinski definition) is 0. The van der Waals surface area contributed by atoms with Crippen LogP contribution in [0.25, 0.3) is 0 Å². The third kappa shape index (κ3) is 5.26. The molecule has 11 heavy (non-hydrogen) atoms. The molecule has 0 bridgehead atoms. The number of hydrogen-bond donors (Lipinski definition) is 0. The van der Waals surface area contributed by atoms with Crippen LogP contribution in [0.4, 0.5) is 0 Å². The zero-order valence-corrected chi connectivity index (χ0v) is 10.7. The summed E-state index contributed by atoms with van der Waals surface area (Å²) in [6.07, 6.45) is 6.09. The van der Waals surface area contributed by atoms with Crippen LogP contribution >= 0.6 is 17.0 Å². The maximum Gasteiger partial charge on any atom is 0.400 e. The molecular weight excluding hydrogens is 212 g/mol. The lowest BCUT2D eigenvalue weighted by molar-refractivity contribution is 0.872. The summed E-state index contributed by atoms with van der Waals surface area (Å²) in [4.78, 5) is 0. The number of halogens is 1. The highest BCUT2D eigenvalue weighted by molar-refractivity contribution is 8.93. The Kier molecular flexibility index (Phi) is 7.08. The monoisotopic (exact) mass is 228 g/mol. The summed E-state index contributed by atoms with van der Waals surface area (Å²) in [6.45, 7) is 4.45. The van der Waals surface area contributed by atoms with E-state index in [0.717, 1.165) is 4.05 Å². The van der Waals surface area contributed by atoms with E-state index in [4.69, 9.17) is 0 Å². The highest BCUT2D eigenvalue weighted by atomic mass is 79.9. The summed E-state index contributed by atoms with van der Waals surface area (Å²) in [5, 5.41) is 0. The second-order valence-electron chi connectivity index (χ2n) is 3.67. The van der Waals surface area contributed by atoms with Crippen molar-refractivity contribution in [2.45, 2.75) is 43.6 Å². The minimum Gasteiger partial charge on any atom is -0.208 e. The van der Waals surface area contributed by atoms with Gasteiger partial charge in [0, 0.05) is 0 Å². The molecule has 62 valence electrons. The molecule has 2 heteroatoms. The molecule has 1 aliphatic rings. The van der Waals surface area contributed by atoms with Crippen LogP contribution < -0.4 is 0 Å². The van der Waals surface area contributed by atoms with Crippen molar-refractivity contribution in [1.29, 1.82) is 0 Å². The van der Waals surface area contributed by atoms with Crippen molar-refractivity contribution < 1.29 is 0 Å².